The van der Waals surface area contributed by atoms with Crippen LogP contribution in [0, 0.1) is 29.3 Å². The maximum Gasteiger partial charge on any atom is 0.0495 e. The fraction of sp³-hybridized carbons (Fsp3) is 0.250. The van der Waals surface area contributed by atoms with Gasteiger partial charge in [-0.25, -0.2) is 8.78 Å². The number of halogens is 4. The summed E-state index contributed by atoms with van der Waals surface area (Å²) in [6.45, 7) is 1.40. The third kappa shape index (κ3) is 2.50. The fourth-order valence-corrected chi connectivity index (χ4v) is 0.878. The summed E-state index contributed by atoms with van der Waals surface area (Å²) in [5, 5.41) is 0. The van der Waals surface area contributed by atoms with Gasteiger partial charge in [-0.05, 0) is 6.42 Å². The quantitative estimate of drug-likeness (QED) is 0.416. The van der Waals surface area contributed by atoms with Crippen molar-refractivity contribution < 1.29 is 50.3 Å². The van der Waals surface area contributed by atoms with Crippen molar-refractivity contribution in [1.29, 1.82) is 0 Å². The second kappa shape index (κ2) is 5.06. The van der Waals surface area contributed by atoms with Crippen molar-refractivity contribution in [3.05, 3.63) is 34.9 Å². The molecule has 0 bridgehead atoms. The van der Waals surface area contributed by atoms with E-state index in [1.165, 1.54) is 13.0 Å². The largest absolute Gasteiger partial charge is 0.281 e. The Labute approximate surface area is 98.2 Å². The minimum atomic E-state index is -1.48. The molecule has 0 fully saturated rings. The molecule has 0 saturated heterocycles. The Hall–Kier alpha value is 0.0439. The van der Waals surface area contributed by atoms with E-state index in [0.29, 0.717) is 0 Å². The maximum atomic E-state index is 12.6. The van der Waals surface area contributed by atoms with Gasteiger partial charge in [0.05, 0.1) is 0 Å². The summed E-state index contributed by atoms with van der Waals surface area (Å²) in [5.74, 6) is -5.69. The molecule has 0 heterocycles. The average molecular weight is 266 g/mol. The second-order valence-corrected chi connectivity index (χ2v) is 2.21. The first kappa shape index (κ1) is 13.0. The van der Waals surface area contributed by atoms with Gasteiger partial charge in [0.15, 0.2) is 0 Å². The third-order valence-corrected chi connectivity index (χ3v) is 1.49. The number of benzene rings is 1. The molecule has 0 spiro atoms. The van der Waals surface area contributed by atoms with E-state index in [4.69, 9.17) is 0 Å². The summed E-state index contributed by atoms with van der Waals surface area (Å²) in [4.78, 5) is 0. The molecule has 5 heteroatoms. The monoisotopic (exact) mass is 266 g/mol. The van der Waals surface area contributed by atoms with E-state index in [0.717, 1.165) is 0 Å². The van der Waals surface area contributed by atoms with Gasteiger partial charge in [0.25, 0.3) is 0 Å². The van der Waals surface area contributed by atoms with Crippen LogP contribution in [0.15, 0.2) is 0 Å². The van der Waals surface area contributed by atoms with Crippen LogP contribution in [0.4, 0.5) is 17.6 Å². The van der Waals surface area contributed by atoms with E-state index in [9.17, 15) is 17.6 Å². The first-order chi connectivity index (χ1) is 5.57. The van der Waals surface area contributed by atoms with Gasteiger partial charge in [-0.3, -0.25) is 8.78 Å². The summed E-state index contributed by atoms with van der Waals surface area (Å²) in [6.07, 6.45) is -0.0970. The Morgan fingerprint density at radius 3 is 1.69 bits per heavy atom. The van der Waals surface area contributed by atoms with Crippen LogP contribution in [0.25, 0.3) is 0 Å². The van der Waals surface area contributed by atoms with E-state index < -0.39 is 28.8 Å². The molecule has 0 nitrogen and oxygen atoms in total. The van der Waals surface area contributed by atoms with Gasteiger partial charge in [-0.2, -0.15) is 0 Å². The van der Waals surface area contributed by atoms with Crippen molar-refractivity contribution in [3.8, 4) is 0 Å². The third-order valence-electron chi connectivity index (χ3n) is 1.49. The van der Waals surface area contributed by atoms with Crippen LogP contribution in [0.5, 0.6) is 0 Å². The van der Waals surface area contributed by atoms with Crippen molar-refractivity contribution in [2.75, 3.05) is 0 Å². The molecule has 0 aromatic heterocycles. The molecule has 1 aromatic carbocycles. The van der Waals surface area contributed by atoms with Crippen molar-refractivity contribution in [1.82, 2.24) is 0 Å². The van der Waals surface area contributed by atoms with Crippen molar-refractivity contribution in [2.24, 2.45) is 0 Å². The molecular formula is C8H5F4Y-. The van der Waals surface area contributed by atoms with Crippen LogP contribution in [-0.2, 0) is 39.1 Å². The molecular weight excluding hydrogens is 261 g/mol. The fourth-order valence-electron chi connectivity index (χ4n) is 0.878. The number of hydrogen-bond acceptors (Lipinski definition) is 0. The van der Waals surface area contributed by atoms with E-state index in [2.05, 4.69) is 0 Å². The molecule has 1 radical (unpaired) electrons. The van der Waals surface area contributed by atoms with Gasteiger partial charge < -0.3 is 0 Å². The molecule has 0 atom stereocenters. The molecule has 0 saturated carbocycles. The summed E-state index contributed by atoms with van der Waals surface area (Å²) >= 11 is 0. The average Bonchev–Trinajstić information content (AvgIpc) is 2.02. The maximum absolute atomic E-state index is 12.6. The topological polar surface area (TPSA) is 0 Å². The van der Waals surface area contributed by atoms with Gasteiger partial charge >= 0.3 is 0 Å². The van der Waals surface area contributed by atoms with E-state index in [1.807, 2.05) is 0 Å². The van der Waals surface area contributed by atoms with Gasteiger partial charge in [-0.1, -0.05) is 12.5 Å². The standard InChI is InChI=1S/C8H5F4.Y/c1-2-4-7(11)5(9)3-6(10)8(4)12;/h2H2,1H3;/q-1;. The Morgan fingerprint density at radius 1 is 1.00 bits per heavy atom. The van der Waals surface area contributed by atoms with Gasteiger partial charge in [0, 0.05) is 56.0 Å². The van der Waals surface area contributed by atoms with Crippen LogP contribution < -0.4 is 0 Å². The summed E-state index contributed by atoms with van der Waals surface area (Å²) in [6, 6.07) is 1.30. The zero-order chi connectivity index (χ0) is 9.30. The Bertz CT molecular complexity index is 285. The first-order valence-electron chi connectivity index (χ1n) is 3.32. The SMILES string of the molecule is CCc1c(F)c(F)[c-]c(F)c1F.[Y]. The zero-order valence-corrected chi connectivity index (χ0v) is 9.63. The van der Waals surface area contributed by atoms with Crippen LogP contribution >= 0.6 is 0 Å². The second-order valence-electron chi connectivity index (χ2n) is 2.21. The molecule has 1 rings (SSSR count). The molecule has 0 amide bonds. The summed E-state index contributed by atoms with van der Waals surface area (Å²) < 4.78 is 50.0. The molecule has 69 valence electrons. The van der Waals surface area contributed by atoms with Crippen LogP contribution in [0.1, 0.15) is 12.5 Å². The van der Waals surface area contributed by atoms with Crippen LogP contribution in [0.2, 0.25) is 0 Å². The molecule has 0 aliphatic rings. The molecule has 0 N–H and O–H groups in total. The van der Waals surface area contributed by atoms with E-state index in [1.54, 1.807) is 0 Å². The summed E-state index contributed by atoms with van der Waals surface area (Å²) in [5.41, 5.74) is -0.580. The molecule has 13 heavy (non-hydrogen) atoms. The van der Waals surface area contributed by atoms with Crippen molar-refractivity contribution in [3.63, 3.8) is 0 Å². The van der Waals surface area contributed by atoms with Crippen molar-refractivity contribution in [2.45, 2.75) is 13.3 Å². The first-order valence-corrected chi connectivity index (χ1v) is 3.32. The van der Waals surface area contributed by atoms with Gasteiger partial charge in [0.1, 0.15) is 0 Å². The number of rotatable bonds is 1. The molecule has 1 aromatic rings. The smallest absolute Gasteiger partial charge is 0.0495 e. The Balaban J connectivity index is 0.00000144. The van der Waals surface area contributed by atoms with Crippen LogP contribution in [0.3, 0.4) is 0 Å². The Kier molecular flexibility index (Phi) is 5.07. The van der Waals surface area contributed by atoms with Crippen molar-refractivity contribution >= 4 is 0 Å². The van der Waals surface area contributed by atoms with E-state index in [-0.39, 0.29) is 39.1 Å². The normalized spacial score (nSPS) is 9.62. The summed E-state index contributed by atoms with van der Waals surface area (Å²) in [7, 11) is 0. The molecule has 0 aliphatic heterocycles. The molecule has 0 unspecified atom stereocenters. The minimum absolute atomic E-state index is 0. The predicted octanol–water partition coefficient (Wildman–Crippen LogP) is 2.60. The van der Waals surface area contributed by atoms with Gasteiger partial charge in [-0.15, -0.1) is 6.07 Å². The van der Waals surface area contributed by atoms with E-state index >= 15 is 0 Å². The Morgan fingerprint density at radius 2 is 1.38 bits per heavy atom. The van der Waals surface area contributed by atoms with Gasteiger partial charge in [0.2, 0.25) is 0 Å². The molecule has 0 aliphatic carbocycles. The predicted molar refractivity (Wildman–Crippen MR) is 34.5 cm³/mol. The number of hydrogen-bond donors (Lipinski definition) is 0. The minimum Gasteiger partial charge on any atom is -0.281 e. The zero-order valence-electron chi connectivity index (χ0n) is 6.80. The van der Waals surface area contributed by atoms with Crippen LogP contribution in [-0.4, -0.2) is 0 Å².